The summed E-state index contributed by atoms with van der Waals surface area (Å²) in [5.41, 5.74) is 2.33. The van der Waals surface area contributed by atoms with Gasteiger partial charge in [-0.15, -0.1) is 0 Å². The molecule has 20 heavy (non-hydrogen) atoms. The Labute approximate surface area is 123 Å². The molecule has 3 unspecified atom stereocenters. The Morgan fingerprint density at radius 1 is 1.00 bits per heavy atom. The molecule has 0 amide bonds. The zero-order valence-corrected chi connectivity index (χ0v) is 13.0. The first kappa shape index (κ1) is 13.9. The molecule has 1 aliphatic rings. The van der Waals surface area contributed by atoms with Crippen LogP contribution in [0.3, 0.4) is 0 Å². The first-order valence-electron chi connectivity index (χ1n) is 6.68. The van der Waals surface area contributed by atoms with Crippen LogP contribution in [0.4, 0.5) is 0 Å². The lowest BCUT2D eigenvalue weighted by Crippen LogP contribution is -2.11. The molecule has 0 aliphatic carbocycles. The summed E-state index contributed by atoms with van der Waals surface area (Å²) in [7, 11) is 0. The smallest absolute Gasteiger partial charge is 0.255 e. The molecule has 0 N–H and O–H groups in total. The van der Waals surface area contributed by atoms with Crippen LogP contribution < -0.4 is 0 Å². The quantitative estimate of drug-likeness (QED) is 0.690. The highest BCUT2D eigenvalue weighted by Gasteiger charge is 2.36. The standard InChI is InChI=1S/C16H17O2PS/c1-19(17)18-15(13-8-4-2-5-9-13)12-16(20-19)14-10-6-3-7-11-14/h2-11,15-16H,12H2,1H3. The van der Waals surface area contributed by atoms with E-state index in [0.29, 0.717) is 0 Å². The van der Waals surface area contributed by atoms with Crippen molar-refractivity contribution in [2.24, 2.45) is 0 Å². The summed E-state index contributed by atoms with van der Waals surface area (Å²) >= 11 is 1.47. The highest BCUT2D eigenvalue weighted by Crippen LogP contribution is 2.69. The van der Waals surface area contributed by atoms with Crippen LogP contribution in [0.2, 0.25) is 0 Å². The molecule has 0 saturated carbocycles. The normalized spacial score (nSPS) is 30.1. The minimum absolute atomic E-state index is 0.0847. The van der Waals surface area contributed by atoms with Crippen LogP contribution in [0.15, 0.2) is 60.7 Å². The molecular formula is C16H17O2PS. The van der Waals surface area contributed by atoms with E-state index in [-0.39, 0.29) is 11.4 Å². The number of rotatable bonds is 2. The van der Waals surface area contributed by atoms with Crippen molar-refractivity contribution in [2.75, 3.05) is 6.66 Å². The zero-order chi connectivity index (χ0) is 14.0. The van der Waals surface area contributed by atoms with Crippen LogP contribution in [0, 0.1) is 0 Å². The molecule has 0 spiro atoms. The van der Waals surface area contributed by atoms with E-state index in [1.807, 2.05) is 48.5 Å². The van der Waals surface area contributed by atoms with Crippen molar-refractivity contribution in [3.8, 4) is 0 Å². The van der Waals surface area contributed by atoms with Crippen molar-refractivity contribution in [3.63, 3.8) is 0 Å². The van der Waals surface area contributed by atoms with Gasteiger partial charge in [0, 0.05) is 11.9 Å². The Hall–Kier alpha value is -1.02. The lowest BCUT2D eigenvalue weighted by Gasteiger charge is -2.33. The van der Waals surface area contributed by atoms with Crippen LogP contribution in [-0.4, -0.2) is 6.66 Å². The Bertz CT molecular complexity index is 563. The minimum Gasteiger partial charge on any atom is -0.313 e. The molecule has 3 rings (SSSR count). The van der Waals surface area contributed by atoms with Crippen LogP contribution in [0.25, 0.3) is 0 Å². The fourth-order valence-corrected chi connectivity index (χ4v) is 6.69. The molecule has 1 fully saturated rings. The first-order chi connectivity index (χ1) is 9.64. The fourth-order valence-electron chi connectivity index (χ4n) is 2.50. The van der Waals surface area contributed by atoms with Gasteiger partial charge in [-0.25, -0.2) is 0 Å². The topological polar surface area (TPSA) is 26.3 Å². The lowest BCUT2D eigenvalue weighted by atomic mass is 10.0. The highest BCUT2D eigenvalue weighted by molar-refractivity contribution is 8.56. The van der Waals surface area contributed by atoms with Crippen molar-refractivity contribution < 1.29 is 9.09 Å². The van der Waals surface area contributed by atoms with Crippen LogP contribution >= 0.6 is 18.0 Å². The maximum Gasteiger partial charge on any atom is 0.255 e. The zero-order valence-electron chi connectivity index (χ0n) is 11.3. The monoisotopic (exact) mass is 304 g/mol. The molecule has 1 heterocycles. The van der Waals surface area contributed by atoms with E-state index in [1.54, 1.807) is 6.66 Å². The summed E-state index contributed by atoms with van der Waals surface area (Å²) in [6.45, 7) is -0.888. The van der Waals surface area contributed by atoms with Crippen LogP contribution in [0.5, 0.6) is 0 Å². The number of benzene rings is 2. The summed E-state index contributed by atoms with van der Waals surface area (Å²) < 4.78 is 18.4. The lowest BCUT2D eigenvalue weighted by molar-refractivity contribution is 0.200. The third-order valence-electron chi connectivity index (χ3n) is 3.41. The van der Waals surface area contributed by atoms with Gasteiger partial charge in [0.15, 0.2) is 0 Å². The highest BCUT2D eigenvalue weighted by atomic mass is 32.7. The molecule has 2 nitrogen and oxygen atoms in total. The molecular weight excluding hydrogens is 287 g/mol. The molecule has 2 aromatic carbocycles. The molecule has 0 radical (unpaired) electrons. The van der Waals surface area contributed by atoms with Crippen molar-refractivity contribution in [3.05, 3.63) is 71.8 Å². The Morgan fingerprint density at radius 3 is 2.15 bits per heavy atom. The number of hydrogen-bond donors (Lipinski definition) is 0. The molecule has 104 valence electrons. The van der Waals surface area contributed by atoms with E-state index in [0.717, 1.165) is 12.0 Å². The maximum atomic E-state index is 12.5. The average Bonchev–Trinajstić information content (AvgIpc) is 2.47. The van der Waals surface area contributed by atoms with Crippen molar-refractivity contribution in [2.45, 2.75) is 17.8 Å². The molecule has 0 bridgehead atoms. The van der Waals surface area contributed by atoms with E-state index < -0.39 is 6.57 Å². The van der Waals surface area contributed by atoms with Gasteiger partial charge >= 0.3 is 0 Å². The Morgan fingerprint density at radius 2 is 1.55 bits per heavy atom. The minimum atomic E-state index is -2.61. The van der Waals surface area contributed by atoms with Gasteiger partial charge in [-0.2, -0.15) is 0 Å². The van der Waals surface area contributed by atoms with Gasteiger partial charge in [0.2, 0.25) is 0 Å². The van der Waals surface area contributed by atoms with Crippen molar-refractivity contribution >= 4 is 18.0 Å². The van der Waals surface area contributed by atoms with Gasteiger partial charge in [-0.05, 0) is 17.5 Å². The largest absolute Gasteiger partial charge is 0.313 e. The predicted molar refractivity (Wildman–Crippen MR) is 85.2 cm³/mol. The van der Waals surface area contributed by atoms with Gasteiger partial charge < -0.3 is 4.52 Å². The fraction of sp³-hybridized carbons (Fsp3) is 0.250. The first-order valence-corrected chi connectivity index (χ1v) is 10.2. The van der Waals surface area contributed by atoms with Gasteiger partial charge in [-0.1, -0.05) is 72.0 Å². The van der Waals surface area contributed by atoms with E-state index in [9.17, 15) is 4.57 Å². The summed E-state index contributed by atoms with van der Waals surface area (Å²) in [4.78, 5) is 0. The van der Waals surface area contributed by atoms with Gasteiger partial charge in [0.1, 0.15) is 0 Å². The predicted octanol–water partition coefficient (Wildman–Crippen LogP) is 5.45. The van der Waals surface area contributed by atoms with E-state index in [1.165, 1.54) is 16.9 Å². The van der Waals surface area contributed by atoms with Crippen molar-refractivity contribution in [1.82, 2.24) is 0 Å². The molecule has 2 aromatic rings. The second-order valence-corrected chi connectivity index (χ2v) is 10.2. The van der Waals surface area contributed by atoms with E-state index in [4.69, 9.17) is 4.52 Å². The molecule has 3 atom stereocenters. The summed E-state index contributed by atoms with van der Waals surface area (Å²) in [5.74, 6) is 0. The second kappa shape index (κ2) is 5.77. The summed E-state index contributed by atoms with van der Waals surface area (Å²) in [6.07, 6.45) is 0.773. The second-order valence-electron chi connectivity index (χ2n) is 5.02. The summed E-state index contributed by atoms with van der Waals surface area (Å²) in [5, 5.41) is 0.228. The third kappa shape index (κ3) is 3.17. The summed E-state index contributed by atoms with van der Waals surface area (Å²) in [6, 6.07) is 20.3. The van der Waals surface area contributed by atoms with Crippen LogP contribution in [-0.2, 0) is 9.09 Å². The van der Waals surface area contributed by atoms with Gasteiger partial charge in [-0.3, -0.25) is 4.57 Å². The van der Waals surface area contributed by atoms with E-state index in [2.05, 4.69) is 12.1 Å². The Kier molecular flexibility index (Phi) is 4.02. The Balaban J connectivity index is 1.89. The van der Waals surface area contributed by atoms with E-state index >= 15 is 0 Å². The van der Waals surface area contributed by atoms with Crippen LogP contribution in [0.1, 0.15) is 28.9 Å². The van der Waals surface area contributed by atoms with Gasteiger partial charge in [0.25, 0.3) is 6.57 Å². The van der Waals surface area contributed by atoms with Crippen molar-refractivity contribution in [1.29, 1.82) is 0 Å². The SMILES string of the molecule is CP1(=O)OC(c2ccccc2)CC(c2ccccc2)S1. The number of hydrogen-bond acceptors (Lipinski definition) is 3. The third-order valence-corrected chi connectivity index (χ3v) is 7.32. The maximum absolute atomic E-state index is 12.5. The average molecular weight is 304 g/mol. The molecule has 1 saturated heterocycles. The molecule has 0 aromatic heterocycles. The molecule has 1 aliphatic heterocycles. The molecule has 4 heteroatoms. The van der Waals surface area contributed by atoms with Gasteiger partial charge in [0.05, 0.1) is 6.10 Å².